The van der Waals surface area contributed by atoms with E-state index >= 15 is 0 Å². The van der Waals surface area contributed by atoms with Crippen molar-refractivity contribution in [3.05, 3.63) is 29.7 Å². The second-order valence-electron chi connectivity index (χ2n) is 2.63. The third kappa shape index (κ3) is 1.21. The van der Waals surface area contributed by atoms with Gasteiger partial charge in [-0.15, -0.1) is 0 Å². The normalized spacial score (nSPS) is 10.5. The van der Waals surface area contributed by atoms with E-state index in [1.165, 1.54) is 0 Å². The fraction of sp³-hybridized carbons (Fsp3) is 0.111. The Morgan fingerprint density at radius 3 is 3.08 bits per heavy atom. The maximum atomic E-state index is 10.6. The van der Waals surface area contributed by atoms with Gasteiger partial charge in [0.15, 0.2) is 11.9 Å². The molecule has 0 radical (unpaired) electrons. The van der Waals surface area contributed by atoms with Gasteiger partial charge >= 0.3 is 0 Å². The molecule has 13 heavy (non-hydrogen) atoms. The molecule has 0 fully saturated rings. The average Bonchev–Trinajstić information content (AvgIpc) is 2.59. The Morgan fingerprint density at radius 1 is 1.54 bits per heavy atom. The van der Waals surface area contributed by atoms with Crippen molar-refractivity contribution in [1.29, 1.82) is 0 Å². The van der Waals surface area contributed by atoms with Crippen LogP contribution in [0.15, 0.2) is 22.6 Å². The zero-order valence-electron chi connectivity index (χ0n) is 6.86. The summed E-state index contributed by atoms with van der Waals surface area (Å²) in [7, 11) is 0. The first-order chi connectivity index (χ1) is 6.35. The molecule has 0 aliphatic carbocycles. The number of benzene rings is 1. The van der Waals surface area contributed by atoms with E-state index < -0.39 is 0 Å². The first-order valence-electron chi connectivity index (χ1n) is 3.89. The van der Waals surface area contributed by atoms with Crippen LogP contribution < -0.4 is 5.73 Å². The second kappa shape index (κ2) is 2.99. The fourth-order valence-corrected chi connectivity index (χ4v) is 1.20. The van der Waals surface area contributed by atoms with Crippen molar-refractivity contribution in [3.8, 4) is 0 Å². The second-order valence-corrected chi connectivity index (χ2v) is 2.63. The van der Waals surface area contributed by atoms with Gasteiger partial charge in [0.05, 0.1) is 12.1 Å². The van der Waals surface area contributed by atoms with Crippen LogP contribution in [0.2, 0.25) is 0 Å². The first kappa shape index (κ1) is 7.94. The lowest BCUT2D eigenvalue weighted by molar-refractivity contribution is 0.112. The van der Waals surface area contributed by atoms with E-state index in [1.807, 2.05) is 0 Å². The molecule has 0 amide bonds. The van der Waals surface area contributed by atoms with E-state index in [1.54, 1.807) is 18.2 Å². The van der Waals surface area contributed by atoms with E-state index in [2.05, 4.69) is 4.98 Å². The molecule has 0 spiro atoms. The minimum absolute atomic E-state index is 0.243. The van der Waals surface area contributed by atoms with Gasteiger partial charge in [0.2, 0.25) is 5.89 Å². The van der Waals surface area contributed by atoms with Crippen LogP contribution in [0.3, 0.4) is 0 Å². The quantitative estimate of drug-likeness (QED) is 0.695. The van der Waals surface area contributed by atoms with Crippen molar-refractivity contribution < 1.29 is 9.21 Å². The molecule has 0 atom stereocenters. The number of oxazole rings is 1. The minimum Gasteiger partial charge on any atom is -0.439 e. The van der Waals surface area contributed by atoms with Crippen molar-refractivity contribution in [2.75, 3.05) is 0 Å². The summed E-state index contributed by atoms with van der Waals surface area (Å²) in [5.74, 6) is 0.448. The van der Waals surface area contributed by atoms with Gasteiger partial charge < -0.3 is 10.2 Å². The molecule has 66 valence electrons. The summed E-state index contributed by atoms with van der Waals surface area (Å²) in [6.07, 6.45) is 0.744. The molecule has 2 rings (SSSR count). The summed E-state index contributed by atoms with van der Waals surface area (Å²) in [6, 6.07) is 5.22. The van der Waals surface area contributed by atoms with Crippen molar-refractivity contribution in [2.24, 2.45) is 5.73 Å². The highest BCUT2D eigenvalue weighted by Crippen LogP contribution is 2.18. The number of aromatic nitrogens is 1. The summed E-state index contributed by atoms with van der Waals surface area (Å²) < 4.78 is 5.27. The lowest BCUT2D eigenvalue weighted by Gasteiger charge is -1.88. The van der Waals surface area contributed by atoms with Gasteiger partial charge in [0, 0.05) is 0 Å². The van der Waals surface area contributed by atoms with E-state index in [0.29, 0.717) is 22.6 Å². The monoisotopic (exact) mass is 176 g/mol. The molecule has 2 aromatic rings. The Balaban J connectivity index is 2.74. The predicted molar refractivity (Wildman–Crippen MR) is 47.3 cm³/mol. The number of rotatable bonds is 2. The highest BCUT2D eigenvalue weighted by Gasteiger charge is 2.07. The molecule has 1 aromatic heterocycles. The molecular weight excluding hydrogens is 168 g/mol. The molecular formula is C9H8N2O2. The lowest BCUT2D eigenvalue weighted by atomic mass is 10.2. The molecule has 0 saturated heterocycles. The summed E-state index contributed by atoms with van der Waals surface area (Å²) in [6.45, 7) is 0.243. The number of fused-ring (bicyclic) bond motifs is 1. The molecule has 0 aliphatic rings. The molecule has 4 heteroatoms. The molecule has 0 unspecified atom stereocenters. The summed E-state index contributed by atoms with van der Waals surface area (Å²) in [4.78, 5) is 14.7. The Labute approximate surface area is 74.4 Å². The maximum absolute atomic E-state index is 10.6. The van der Waals surface area contributed by atoms with Gasteiger partial charge in [-0.25, -0.2) is 4.98 Å². The Kier molecular flexibility index (Phi) is 1.83. The topological polar surface area (TPSA) is 69.1 Å². The van der Waals surface area contributed by atoms with E-state index in [4.69, 9.17) is 10.2 Å². The van der Waals surface area contributed by atoms with E-state index in [-0.39, 0.29) is 6.54 Å². The summed E-state index contributed by atoms with van der Waals surface area (Å²) in [5.41, 5.74) is 7.05. The Bertz CT molecular complexity index is 448. The number of nitrogens with two attached hydrogens (primary N) is 1. The van der Waals surface area contributed by atoms with Gasteiger partial charge in [-0.1, -0.05) is 6.07 Å². The van der Waals surface area contributed by atoms with Crippen molar-refractivity contribution >= 4 is 17.4 Å². The van der Waals surface area contributed by atoms with Gasteiger partial charge in [-0.3, -0.25) is 4.79 Å². The molecule has 0 bridgehead atoms. The number of hydrogen-bond acceptors (Lipinski definition) is 4. The van der Waals surface area contributed by atoms with Crippen molar-refractivity contribution in [1.82, 2.24) is 4.98 Å². The average molecular weight is 176 g/mol. The zero-order chi connectivity index (χ0) is 9.26. The zero-order valence-corrected chi connectivity index (χ0v) is 6.86. The summed E-state index contributed by atoms with van der Waals surface area (Å²) in [5, 5.41) is 0. The van der Waals surface area contributed by atoms with Crippen LogP contribution in [-0.2, 0) is 6.54 Å². The maximum Gasteiger partial charge on any atom is 0.209 e. The van der Waals surface area contributed by atoms with Gasteiger partial charge in [-0.2, -0.15) is 0 Å². The van der Waals surface area contributed by atoms with Crippen LogP contribution in [-0.4, -0.2) is 11.3 Å². The molecule has 1 heterocycles. The standard InChI is InChI=1S/C9H8N2O2/c10-4-8-11-7-3-1-2-6(5-12)9(7)13-8/h1-3,5H,4,10H2. The van der Waals surface area contributed by atoms with Crippen molar-refractivity contribution in [2.45, 2.75) is 6.54 Å². The van der Waals surface area contributed by atoms with E-state index in [9.17, 15) is 4.79 Å². The number of aldehydes is 1. The van der Waals surface area contributed by atoms with E-state index in [0.717, 1.165) is 6.29 Å². The number of nitrogens with zero attached hydrogens (tertiary/aromatic N) is 1. The lowest BCUT2D eigenvalue weighted by Crippen LogP contribution is -1.94. The predicted octanol–water partition coefficient (Wildman–Crippen LogP) is 1.10. The molecule has 4 nitrogen and oxygen atoms in total. The smallest absolute Gasteiger partial charge is 0.209 e. The number of carbonyl (C=O) groups excluding carboxylic acids is 1. The molecule has 1 aromatic carbocycles. The third-order valence-corrected chi connectivity index (χ3v) is 1.79. The SMILES string of the molecule is NCc1nc2cccc(C=O)c2o1. The van der Waals surface area contributed by atoms with Gasteiger partial charge in [0.1, 0.15) is 5.52 Å². The Morgan fingerprint density at radius 2 is 2.38 bits per heavy atom. The summed E-state index contributed by atoms with van der Waals surface area (Å²) >= 11 is 0. The van der Waals surface area contributed by atoms with Crippen LogP contribution in [0.4, 0.5) is 0 Å². The van der Waals surface area contributed by atoms with Crippen LogP contribution >= 0.6 is 0 Å². The fourth-order valence-electron chi connectivity index (χ4n) is 1.20. The molecule has 0 aliphatic heterocycles. The molecule has 2 N–H and O–H groups in total. The highest BCUT2D eigenvalue weighted by molar-refractivity contribution is 5.92. The van der Waals surface area contributed by atoms with Crippen LogP contribution in [0.5, 0.6) is 0 Å². The van der Waals surface area contributed by atoms with Crippen molar-refractivity contribution in [3.63, 3.8) is 0 Å². The first-order valence-corrected chi connectivity index (χ1v) is 3.89. The van der Waals surface area contributed by atoms with Crippen LogP contribution in [0.1, 0.15) is 16.2 Å². The third-order valence-electron chi connectivity index (χ3n) is 1.79. The van der Waals surface area contributed by atoms with Gasteiger partial charge in [-0.05, 0) is 12.1 Å². The number of carbonyl (C=O) groups is 1. The van der Waals surface area contributed by atoms with Crippen LogP contribution in [0.25, 0.3) is 11.1 Å². The van der Waals surface area contributed by atoms with Gasteiger partial charge in [0.25, 0.3) is 0 Å². The number of hydrogen-bond donors (Lipinski definition) is 1. The largest absolute Gasteiger partial charge is 0.439 e. The number of para-hydroxylation sites is 1. The minimum atomic E-state index is 0.243. The molecule has 0 saturated carbocycles. The van der Waals surface area contributed by atoms with Crippen LogP contribution in [0, 0.1) is 0 Å². The highest BCUT2D eigenvalue weighted by atomic mass is 16.3. The Hall–Kier alpha value is -1.68.